The molecular formula is C17H17Cl2NO. The summed E-state index contributed by atoms with van der Waals surface area (Å²) in [6.45, 7) is 0.463. The van der Waals surface area contributed by atoms with E-state index in [2.05, 4.69) is 12.1 Å². The quantitative estimate of drug-likeness (QED) is 0.871. The van der Waals surface area contributed by atoms with E-state index in [1.54, 1.807) is 6.07 Å². The van der Waals surface area contributed by atoms with Crippen LogP contribution in [0.5, 0.6) is 5.75 Å². The van der Waals surface area contributed by atoms with Crippen molar-refractivity contribution in [1.82, 2.24) is 0 Å². The van der Waals surface area contributed by atoms with Crippen molar-refractivity contribution in [2.24, 2.45) is 5.73 Å². The zero-order valence-electron chi connectivity index (χ0n) is 11.6. The molecule has 2 aromatic rings. The zero-order chi connectivity index (χ0) is 14.8. The van der Waals surface area contributed by atoms with Gasteiger partial charge in [-0.25, -0.2) is 0 Å². The lowest BCUT2D eigenvalue weighted by Crippen LogP contribution is -2.17. The second-order valence-corrected chi connectivity index (χ2v) is 6.21. The zero-order valence-corrected chi connectivity index (χ0v) is 13.1. The Labute approximate surface area is 134 Å². The van der Waals surface area contributed by atoms with Gasteiger partial charge in [0.15, 0.2) is 0 Å². The minimum Gasteiger partial charge on any atom is -0.489 e. The van der Waals surface area contributed by atoms with E-state index in [4.69, 9.17) is 33.7 Å². The molecule has 1 aliphatic rings. The monoisotopic (exact) mass is 321 g/mol. The normalized spacial score (nSPS) is 17.4. The van der Waals surface area contributed by atoms with Crippen LogP contribution in [0.3, 0.4) is 0 Å². The van der Waals surface area contributed by atoms with Gasteiger partial charge in [0.2, 0.25) is 0 Å². The smallest absolute Gasteiger partial charge is 0.120 e. The van der Waals surface area contributed by atoms with Crippen molar-refractivity contribution in [1.29, 1.82) is 0 Å². The second-order valence-electron chi connectivity index (χ2n) is 5.40. The highest BCUT2D eigenvalue weighted by molar-refractivity contribution is 6.42. The van der Waals surface area contributed by atoms with Crippen LogP contribution in [-0.4, -0.2) is 0 Å². The molecule has 4 heteroatoms. The number of benzene rings is 2. The van der Waals surface area contributed by atoms with Gasteiger partial charge < -0.3 is 10.5 Å². The first-order valence-electron chi connectivity index (χ1n) is 7.08. The molecule has 0 amide bonds. The first-order valence-corrected chi connectivity index (χ1v) is 7.84. The topological polar surface area (TPSA) is 35.2 Å². The SMILES string of the molecule is NC1CCCc2ccc(OCc3ccc(Cl)c(Cl)c3)cc21. The summed E-state index contributed by atoms with van der Waals surface area (Å²) < 4.78 is 5.84. The van der Waals surface area contributed by atoms with E-state index in [0.717, 1.165) is 30.6 Å². The second kappa shape index (κ2) is 6.27. The van der Waals surface area contributed by atoms with Crippen LogP contribution in [0.4, 0.5) is 0 Å². The molecule has 3 rings (SSSR count). The number of ether oxygens (including phenoxy) is 1. The molecule has 1 unspecified atom stereocenters. The molecular weight excluding hydrogens is 305 g/mol. The Morgan fingerprint density at radius 3 is 2.76 bits per heavy atom. The molecule has 1 atom stereocenters. The van der Waals surface area contributed by atoms with E-state index in [0.29, 0.717) is 16.7 Å². The third kappa shape index (κ3) is 3.34. The summed E-state index contributed by atoms with van der Waals surface area (Å²) in [5.74, 6) is 0.845. The molecule has 0 aliphatic heterocycles. The minimum atomic E-state index is 0.127. The van der Waals surface area contributed by atoms with Crippen LogP contribution in [0.2, 0.25) is 10.0 Å². The molecule has 0 radical (unpaired) electrons. The van der Waals surface area contributed by atoms with E-state index in [1.165, 1.54) is 11.1 Å². The maximum Gasteiger partial charge on any atom is 0.120 e. The highest BCUT2D eigenvalue weighted by Gasteiger charge is 2.17. The number of nitrogens with two attached hydrogens (primary N) is 1. The lowest BCUT2D eigenvalue weighted by molar-refractivity contribution is 0.305. The van der Waals surface area contributed by atoms with Crippen molar-refractivity contribution < 1.29 is 4.74 Å². The highest BCUT2D eigenvalue weighted by atomic mass is 35.5. The van der Waals surface area contributed by atoms with Crippen molar-refractivity contribution >= 4 is 23.2 Å². The van der Waals surface area contributed by atoms with Crippen molar-refractivity contribution in [3.8, 4) is 5.75 Å². The van der Waals surface area contributed by atoms with E-state index >= 15 is 0 Å². The van der Waals surface area contributed by atoms with E-state index < -0.39 is 0 Å². The standard InChI is InChI=1S/C17H17Cl2NO/c18-15-7-4-11(8-16(15)19)10-21-13-6-5-12-2-1-3-17(20)14(12)9-13/h4-9,17H,1-3,10,20H2. The van der Waals surface area contributed by atoms with Crippen LogP contribution in [0.25, 0.3) is 0 Å². The molecule has 2 N–H and O–H groups in total. The van der Waals surface area contributed by atoms with Crippen LogP contribution in [-0.2, 0) is 13.0 Å². The van der Waals surface area contributed by atoms with Gasteiger partial charge in [-0.15, -0.1) is 0 Å². The van der Waals surface area contributed by atoms with Gasteiger partial charge in [0.05, 0.1) is 10.0 Å². The maximum absolute atomic E-state index is 6.17. The Kier molecular flexibility index (Phi) is 4.39. The Morgan fingerprint density at radius 2 is 1.95 bits per heavy atom. The third-order valence-electron chi connectivity index (χ3n) is 3.87. The Hall–Kier alpha value is -1.22. The van der Waals surface area contributed by atoms with Crippen LogP contribution in [0.1, 0.15) is 35.6 Å². The van der Waals surface area contributed by atoms with Gasteiger partial charge in [0, 0.05) is 6.04 Å². The molecule has 21 heavy (non-hydrogen) atoms. The molecule has 0 heterocycles. The van der Waals surface area contributed by atoms with Gasteiger partial charge in [-0.05, 0) is 60.2 Å². The molecule has 0 spiro atoms. The number of aryl methyl sites for hydroxylation is 1. The van der Waals surface area contributed by atoms with Crippen molar-refractivity contribution in [3.05, 3.63) is 63.1 Å². The number of rotatable bonds is 3. The van der Waals surface area contributed by atoms with Crippen molar-refractivity contribution in [2.75, 3.05) is 0 Å². The molecule has 1 aliphatic carbocycles. The lowest BCUT2D eigenvalue weighted by Gasteiger charge is -2.22. The summed E-state index contributed by atoms with van der Waals surface area (Å²) in [7, 11) is 0. The molecule has 0 aromatic heterocycles. The number of hydrogen-bond acceptors (Lipinski definition) is 2. The van der Waals surface area contributed by atoms with Gasteiger partial charge in [-0.2, -0.15) is 0 Å². The number of hydrogen-bond donors (Lipinski definition) is 1. The summed E-state index contributed by atoms with van der Waals surface area (Å²) in [5, 5.41) is 1.10. The van der Waals surface area contributed by atoms with Gasteiger partial charge in [-0.3, -0.25) is 0 Å². The fraction of sp³-hybridized carbons (Fsp3) is 0.294. The molecule has 2 aromatic carbocycles. The first kappa shape index (κ1) is 14.7. The number of fused-ring (bicyclic) bond motifs is 1. The van der Waals surface area contributed by atoms with Gasteiger partial charge in [0.1, 0.15) is 12.4 Å². The Morgan fingerprint density at radius 1 is 1.10 bits per heavy atom. The van der Waals surface area contributed by atoms with Gasteiger partial charge in [-0.1, -0.05) is 35.3 Å². The van der Waals surface area contributed by atoms with E-state index in [1.807, 2.05) is 18.2 Å². The molecule has 0 saturated carbocycles. The van der Waals surface area contributed by atoms with Crippen LogP contribution in [0, 0.1) is 0 Å². The molecule has 0 saturated heterocycles. The van der Waals surface area contributed by atoms with Crippen molar-refractivity contribution in [2.45, 2.75) is 31.9 Å². The summed E-state index contributed by atoms with van der Waals surface area (Å²) in [6.07, 6.45) is 3.32. The number of halogens is 2. The molecule has 110 valence electrons. The third-order valence-corrected chi connectivity index (χ3v) is 4.61. The van der Waals surface area contributed by atoms with E-state index in [9.17, 15) is 0 Å². The molecule has 0 fully saturated rings. The predicted octanol–water partition coefficient (Wildman–Crippen LogP) is 4.91. The molecule has 0 bridgehead atoms. The minimum absolute atomic E-state index is 0.127. The van der Waals surface area contributed by atoms with Gasteiger partial charge >= 0.3 is 0 Å². The van der Waals surface area contributed by atoms with Crippen LogP contribution >= 0.6 is 23.2 Å². The van der Waals surface area contributed by atoms with Crippen LogP contribution < -0.4 is 10.5 Å². The summed E-state index contributed by atoms with van der Waals surface area (Å²) >= 11 is 11.9. The lowest BCUT2D eigenvalue weighted by atomic mass is 9.88. The van der Waals surface area contributed by atoms with Crippen LogP contribution in [0.15, 0.2) is 36.4 Å². The fourth-order valence-electron chi connectivity index (χ4n) is 2.70. The van der Waals surface area contributed by atoms with Gasteiger partial charge in [0.25, 0.3) is 0 Å². The fourth-order valence-corrected chi connectivity index (χ4v) is 3.02. The average Bonchev–Trinajstić information content (AvgIpc) is 2.49. The van der Waals surface area contributed by atoms with E-state index in [-0.39, 0.29) is 6.04 Å². The van der Waals surface area contributed by atoms with Crippen molar-refractivity contribution in [3.63, 3.8) is 0 Å². The Bertz CT molecular complexity index is 657. The highest BCUT2D eigenvalue weighted by Crippen LogP contribution is 2.31. The summed E-state index contributed by atoms with van der Waals surface area (Å²) in [4.78, 5) is 0. The largest absolute Gasteiger partial charge is 0.489 e. The predicted molar refractivity (Wildman–Crippen MR) is 87.1 cm³/mol. The first-order chi connectivity index (χ1) is 10.1. The summed E-state index contributed by atoms with van der Waals surface area (Å²) in [5.41, 5.74) is 9.72. The Balaban J connectivity index is 1.73. The summed E-state index contributed by atoms with van der Waals surface area (Å²) in [6, 6.07) is 11.9. The average molecular weight is 322 g/mol. The molecule has 2 nitrogen and oxygen atoms in total. The maximum atomic E-state index is 6.17.